The van der Waals surface area contributed by atoms with Gasteiger partial charge in [0.25, 0.3) is 5.91 Å². The molecule has 1 aliphatic heterocycles. The summed E-state index contributed by atoms with van der Waals surface area (Å²) in [5.74, 6) is -0.954. The monoisotopic (exact) mass is 541 g/mol. The minimum Gasteiger partial charge on any atom is -0.494 e. The van der Waals surface area contributed by atoms with E-state index >= 15 is 4.39 Å². The van der Waals surface area contributed by atoms with Crippen LogP contribution in [-0.4, -0.2) is 55.4 Å². The zero-order valence-corrected chi connectivity index (χ0v) is 23.1. The maximum atomic E-state index is 15.7. The van der Waals surface area contributed by atoms with Crippen molar-refractivity contribution >= 4 is 12.0 Å². The van der Waals surface area contributed by atoms with E-state index in [9.17, 15) is 9.59 Å². The van der Waals surface area contributed by atoms with E-state index < -0.39 is 23.4 Å². The molecule has 0 saturated carbocycles. The molecule has 9 nitrogen and oxygen atoms in total. The number of amides is 2. The molecule has 210 valence electrons. The topological polar surface area (TPSA) is 110 Å². The van der Waals surface area contributed by atoms with Crippen molar-refractivity contribution in [2.45, 2.75) is 64.9 Å². The molecule has 1 N–H and O–H groups in total. The first kappa shape index (κ1) is 29.7. The summed E-state index contributed by atoms with van der Waals surface area (Å²) in [5, 5.41) is 11.7. The fourth-order valence-electron chi connectivity index (χ4n) is 4.14. The summed E-state index contributed by atoms with van der Waals surface area (Å²) in [5.41, 5.74) is 0.692. The predicted octanol–water partition coefficient (Wildman–Crippen LogP) is 4.88. The van der Waals surface area contributed by atoms with Crippen molar-refractivity contribution < 1.29 is 32.9 Å². The fourth-order valence-corrected chi connectivity index (χ4v) is 4.14. The van der Waals surface area contributed by atoms with Crippen LogP contribution in [0.15, 0.2) is 36.4 Å². The first-order valence-electron chi connectivity index (χ1n) is 12.9. The SMILES string of the molecule is CCOc1cc(OC2CCN(C(=O)OC(C)(C)C)CC2)c(F)c(C(OC)C(=O)NCc2ccc(C#N)cc2)c1. The number of rotatable bonds is 9. The molecule has 0 spiro atoms. The zero-order chi connectivity index (χ0) is 28.6. The summed E-state index contributed by atoms with van der Waals surface area (Å²) < 4.78 is 38.2. The minimum atomic E-state index is -1.25. The predicted molar refractivity (Wildman–Crippen MR) is 142 cm³/mol. The Morgan fingerprint density at radius 2 is 1.85 bits per heavy atom. The molecule has 2 aromatic carbocycles. The molecule has 1 saturated heterocycles. The molecule has 1 atom stereocenters. The molecule has 39 heavy (non-hydrogen) atoms. The third kappa shape index (κ3) is 8.32. The van der Waals surface area contributed by atoms with Gasteiger partial charge in [-0.1, -0.05) is 12.1 Å². The van der Waals surface area contributed by atoms with Crippen LogP contribution in [0.3, 0.4) is 0 Å². The van der Waals surface area contributed by atoms with E-state index in [1.807, 2.05) is 26.8 Å². The van der Waals surface area contributed by atoms with Gasteiger partial charge in [-0.2, -0.15) is 5.26 Å². The number of nitrogens with zero attached hydrogens (tertiary/aromatic N) is 2. The fraction of sp³-hybridized carbons (Fsp3) is 0.483. The summed E-state index contributed by atoms with van der Waals surface area (Å²) in [4.78, 5) is 27.0. The molecule has 3 rings (SSSR count). The van der Waals surface area contributed by atoms with Crippen LogP contribution in [0.25, 0.3) is 0 Å². The Morgan fingerprint density at radius 3 is 2.41 bits per heavy atom. The highest BCUT2D eigenvalue weighted by molar-refractivity contribution is 5.82. The van der Waals surface area contributed by atoms with E-state index in [1.54, 1.807) is 36.1 Å². The molecule has 10 heteroatoms. The smallest absolute Gasteiger partial charge is 0.410 e. The van der Waals surface area contributed by atoms with Crippen molar-refractivity contribution in [2.75, 3.05) is 26.8 Å². The average Bonchev–Trinajstić information content (AvgIpc) is 2.90. The second-order valence-corrected chi connectivity index (χ2v) is 10.2. The maximum Gasteiger partial charge on any atom is 0.410 e. The number of piperidine rings is 1. The molecule has 0 aromatic heterocycles. The van der Waals surface area contributed by atoms with E-state index in [2.05, 4.69) is 5.32 Å². The number of hydrogen-bond donors (Lipinski definition) is 1. The third-order valence-electron chi connectivity index (χ3n) is 6.05. The highest BCUT2D eigenvalue weighted by Crippen LogP contribution is 2.34. The second-order valence-electron chi connectivity index (χ2n) is 10.2. The van der Waals surface area contributed by atoms with Crippen LogP contribution < -0.4 is 14.8 Å². The van der Waals surface area contributed by atoms with E-state index in [-0.39, 0.29) is 30.1 Å². The number of methoxy groups -OCH3 is 1. The van der Waals surface area contributed by atoms with Gasteiger partial charge in [-0.15, -0.1) is 0 Å². The van der Waals surface area contributed by atoms with Gasteiger partial charge in [-0.25, -0.2) is 9.18 Å². The number of nitriles is 1. The first-order valence-corrected chi connectivity index (χ1v) is 12.9. The van der Waals surface area contributed by atoms with Crippen molar-refractivity contribution in [3.05, 3.63) is 58.9 Å². The maximum absolute atomic E-state index is 15.7. The van der Waals surface area contributed by atoms with Gasteiger partial charge in [0.05, 0.1) is 18.2 Å². The standard InChI is InChI=1S/C29H36FN3O6/c1-6-37-22-15-23(26(36-5)27(34)32-18-20-9-7-19(17-31)8-10-20)25(30)24(16-22)38-21-11-13-33(14-12-21)28(35)39-29(2,3)4/h7-10,15-16,21,26H,6,11-14,18H2,1-5H3,(H,32,34). The molecular weight excluding hydrogens is 505 g/mol. The summed E-state index contributed by atoms with van der Waals surface area (Å²) in [7, 11) is 1.33. The molecule has 2 aromatic rings. The quantitative estimate of drug-likeness (QED) is 0.482. The van der Waals surface area contributed by atoms with Crippen molar-refractivity contribution in [1.82, 2.24) is 10.2 Å². The number of benzene rings is 2. The van der Waals surface area contributed by atoms with Crippen LogP contribution in [-0.2, 0) is 20.8 Å². The lowest BCUT2D eigenvalue weighted by molar-refractivity contribution is -0.131. The first-order chi connectivity index (χ1) is 18.5. The number of hydrogen-bond acceptors (Lipinski definition) is 7. The van der Waals surface area contributed by atoms with Crippen LogP contribution in [0.1, 0.15) is 63.3 Å². The van der Waals surface area contributed by atoms with Crippen LogP contribution in [0, 0.1) is 17.1 Å². The summed E-state index contributed by atoms with van der Waals surface area (Å²) >= 11 is 0. The summed E-state index contributed by atoms with van der Waals surface area (Å²) in [6.45, 7) is 8.58. The number of nitrogens with one attached hydrogen (secondary N) is 1. The van der Waals surface area contributed by atoms with Crippen molar-refractivity contribution in [1.29, 1.82) is 5.26 Å². The van der Waals surface area contributed by atoms with E-state index in [1.165, 1.54) is 19.2 Å². The van der Waals surface area contributed by atoms with Crippen molar-refractivity contribution in [3.63, 3.8) is 0 Å². The molecule has 1 aliphatic rings. The van der Waals surface area contributed by atoms with Crippen LogP contribution in [0.2, 0.25) is 0 Å². The van der Waals surface area contributed by atoms with Crippen molar-refractivity contribution in [3.8, 4) is 17.6 Å². The van der Waals surface area contributed by atoms with Gasteiger partial charge in [0.15, 0.2) is 17.7 Å². The van der Waals surface area contributed by atoms with E-state index in [0.29, 0.717) is 43.9 Å². The second kappa shape index (κ2) is 13.3. The number of likely N-dealkylation sites (tertiary alicyclic amines) is 1. The Bertz CT molecular complexity index is 1180. The largest absolute Gasteiger partial charge is 0.494 e. The lowest BCUT2D eigenvalue weighted by atomic mass is 10.1. The Balaban J connectivity index is 1.72. The van der Waals surface area contributed by atoms with Crippen LogP contribution >= 0.6 is 0 Å². The Hall–Kier alpha value is -3.84. The number of carbonyl (C=O) groups is 2. The average molecular weight is 542 g/mol. The lowest BCUT2D eigenvalue weighted by Crippen LogP contribution is -2.44. The van der Waals surface area contributed by atoms with E-state index in [0.717, 1.165) is 5.56 Å². The molecular formula is C29H36FN3O6. The van der Waals surface area contributed by atoms with Gasteiger partial charge < -0.3 is 29.2 Å². The Labute approximate surface area is 228 Å². The number of carbonyl (C=O) groups excluding carboxylic acids is 2. The number of halogens is 1. The van der Waals surface area contributed by atoms with Gasteiger partial charge >= 0.3 is 6.09 Å². The molecule has 0 bridgehead atoms. The summed E-state index contributed by atoms with van der Waals surface area (Å²) in [6, 6.07) is 11.7. The minimum absolute atomic E-state index is 0.0121. The summed E-state index contributed by atoms with van der Waals surface area (Å²) in [6.07, 6.45) is -0.992. The molecule has 1 unspecified atom stereocenters. The highest BCUT2D eigenvalue weighted by Gasteiger charge is 2.30. The number of ether oxygens (including phenoxy) is 4. The molecule has 2 amide bonds. The van der Waals surface area contributed by atoms with Gasteiger partial charge in [0, 0.05) is 51.2 Å². The molecule has 1 fully saturated rings. The van der Waals surface area contributed by atoms with Crippen LogP contribution in [0.5, 0.6) is 11.5 Å². The van der Waals surface area contributed by atoms with Gasteiger partial charge in [0.1, 0.15) is 17.5 Å². The van der Waals surface area contributed by atoms with E-state index in [4.69, 9.17) is 24.2 Å². The Kier molecular flexibility index (Phi) is 10.1. The Morgan fingerprint density at radius 1 is 1.18 bits per heavy atom. The lowest BCUT2D eigenvalue weighted by Gasteiger charge is -2.33. The van der Waals surface area contributed by atoms with Gasteiger partial charge in [0.2, 0.25) is 0 Å². The van der Waals surface area contributed by atoms with Gasteiger partial charge in [-0.3, -0.25) is 4.79 Å². The third-order valence-corrected chi connectivity index (χ3v) is 6.05. The molecule has 1 heterocycles. The van der Waals surface area contributed by atoms with Gasteiger partial charge in [-0.05, 0) is 51.5 Å². The van der Waals surface area contributed by atoms with Crippen molar-refractivity contribution in [2.24, 2.45) is 0 Å². The zero-order valence-electron chi connectivity index (χ0n) is 23.1. The highest BCUT2D eigenvalue weighted by atomic mass is 19.1. The normalized spacial score (nSPS) is 14.7. The molecule has 0 radical (unpaired) electrons. The van der Waals surface area contributed by atoms with Crippen LogP contribution in [0.4, 0.5) is 9.18 Å². The molecule has 0 aliphatic carbocycles.